The van der Waals surface area contributed by atoms with Gasteiger partial charge in [-0.25, -0.2) is 14.3 Å². The first kappa shape index (κ1) is 16.9. The summed E-state index contributed by atoms with van der Waals surface area (Å²) >= 11 is 0. The van der Waals surface area contributed by atoms with Gasteiger partial charge in [0.1, 0.15) is 5.56 Å². The molecule has 3 rings (SSSR count). The number of carbonyl (C=O) groups is 2. The summed E-state index contributed by atoms with van der Waals surface area (Å²) < 4.78 is 8.80. The van der Waals surface area contributed by atoms with Gasteiger partial charge in [-0.15, -0.1) is 0 Å². The van der Waals surface area contributed by atoms with E-state index in [2.05, 4.69) is 10.1 Å². The molecule has 7 nitrogen and oxygen atoms in total. The van der Waals surface area contributed by atoms with Gasteiger partial charge in [-0.05, 0) is 39.8 Å². The van der Waals surface area contributed by atoms with Gasteiger partial charge in [-0.2, -0.15) is 5.10 Å². The first-order valence-corrected chi connectivity index (χ1v) is 8.11. The number of rotatable bonds is 5. The molecule has 0 amide bonds. The summed E-state index contributed by atoms with van der Waals surface area (Å²) in [4.78, 5) is 29.0. The van der Waals surface area contributed by atoms with Gasteiger partial charge in [-0.1, -0.05) is 0 Å². The van der Waals surface area contributed by atoms with E-state index >= 15 is 0 Å². The molecule has 0 aliphatic rings. The maximum atomic E-state index is 12.4. The lowest BCUT2D eigenvalue weighted by Gasteiger charge is -2.06. The smallest absolute Gasteiger partial charge is 0.344 e. The molecule has 7 heteroatoms. The second kappa shape index (κ2) is 6.51. The molecule has 0 aliphatic heterocycles. The summed E-state index contributed by atoms with van der Waals surface area (Å²) in [5.41, 5.74) is 3.70. The molecule has 0 saturated heterocycles. The zero-order valence-corrected chi connectivity index (χ0v) is 14.7. The van der Waals surface area contributed by atoms with Crippen molar-refractivity contribution in [2.45, 2.75) is 34.2 Å². The van der Waals surface area contributed by atoms with Crippen LogP contribution in [0.25, 0.3) is 5.65 Å². The molecule has 0 N–H and O–H groups in total. The number of ether oxygens (including phenoxy) is 1. The molecule has 0 saturated carbocycles. The van der Waals surface area contributed by atoms with Crippen LogP contribution in [0.5, 0.6) is 0 Å². The van der Waals surface area contributed by atoms with Gasteiger partial charge in [0, 0.05) is 35.9 Å². The predicted molar refractivity (Wildman–Crippen MR) is 91.9 cm³/mol. The third-order valence-electron chi connectivity index (χ3n) is 4.30. The number of esters is 1. The van der Waals surface area contributed by atoms with Crippen molar-refractivity contribution in [1.29, 1.82) is 0 Å². The van der Waals surface area contributed by atoms with Crippen LogP contribution < -0.4 is 0 Å². The molecule has 3 aromatic rings. The Morgan fingerprint density at radius 1 is 1.24 bits per heavy atom. The van der Waals surface area contributed by atoms with Crippen LogP contribution in [0.2, 0.25) is 0 Å². The maximum absolute atomic E-state index is 12.4. The quantitative estimate of drug-likeness (QED) is 0.527. The minimum atomic E-state index is -0.594. The second-order valence-electron chi connectivity index (χ2n) is 5.88. The van der Waals surface area contributed by atoms with Crippen molar-refractivity contribution in [3.05, 3.63) is 52.7 Å². The summed E-state index contributed by atoms with van der Waals surface area (Å²) in [6, 6.07) is 3.55. The highest BCUT2D eigenvalue weighted by Crippen LogP contribution is 2.17. The van der Waals surface area contributed by atoms with E-state index in [1.165, 1.54) is 4.52 Å². The first-order valence-electron chi connectivity index (χ1n) is 8.11. The van der Waals surface area contributed by atoms with Crippen molar-refractivity contribution < 1.29 is 14.3 Å². The molecule has 0 radical (unpaired) electrons. The molecule has 130 valence electrons. The molecule has 0 aliphatic carbocycles. The number of hydrogen-bond acceptors (Lipinski definition) is 5. The van der Waals surface area contributed by atoms with Gasteiger partial charge >= 0.3 is 5.97 Å². The summed E-state index contributed by atoms with van der Waals surface area (Å²) in [6.07, 6.45) is 3.29. The standard InChI is InChI=1S/C18H20N4O3/c1-5-21-11(2)9-14(13(21)4)15(23)10-25-18(24)16-12(3)20-22-8-6-7-19-17(16)22/h6-9H,5,10H2,1-4H3. The molecule has 0 atom stereocenters. The molecule has 3 aromatic heterocycles. The molecule has 0 unspecified atom stereocenters. The normalized spacial score (nSPS) is 11.0. The van der Waals surface area contributed by atoms with Crippen molar-refractivity contribution >= 4 is 17.4 Å². The molecule has 0 spiro atoms. The number of carbonyl (C=O) groups excluding carboxylic acids is 2. The van der Waals surface area contributed by atoms with Crippen molar-refractivity contribution in [1.82, 2.24) is 19.2 Å². The van der Waals surface area contributed by atoms with E-state index in [9.17, 15) is 9.59 Å². The predicted octanol–water partition coefficient (Wildman–Crippen LogP) is 2.52. The van der Waals surface area contributed by atoms with E-state index in [0.29, 0.717) is 16.9 Å². The highest BCUT2D eigenvalue weighted by molar-refractivity contribution is 6.02. The van der Waals surface area contributed by atoms with Gasteiger partial charge in [0.05, 0.1) is 5.69 Å². The van der Waals surface area contributed by atoms with E-state index in [0.717, 1.165) is 17.9 Å². The van der Waals surface area contributed by atoms with Crippen LogP contribution in [0.15, 0.2) is 24.5 Å². The minimum absolute atomic E-state index is 0.219. The average Bonchev–Trinajstić information content (AvgIpc) is 3.07. The number of Topliss-reactive ketones (excluding diaryl/α,β-unsaturated/α-hetero) is 1. The van der Waals surface area contributed by atoms with Crippen LogP contribution in [-0.2, 0) is 11.3 Å². The molecule has 0 fully saturated rings. The number of aryl methyl sites for hydroxylation is 2. The Hall–Kier alpha value is -2.96. The lowest BCUT2D eigenvalue weighted by Crippen LogP contribution is -2.15. The van der Waals surface area contributed by atoms with Crippen LogP contribution in [0.4, 0.5) is 0 Å². The molecular weight excluding hydrogens is 320 g/mol. The van der Waals surface area contributed by atoms with Gasteiger partial charge in [0.2, 0.25) is 5.78 Å². The van der Waals surface area contributed by atoms with Gasteiger partial charge in [0.25, 0.3) is 0 Å². The topological polar surface area (TPSA) is 78.5 Å². The van der Waals surface area contributed by atoms with Gasteiger partial charge in [0.15, 0.2) is 12.3 Å². The monoisotopic (exact) mass is 340 g/mol. The zero-order chi connectivity index (χ0) is 18.1. The molecule has 3 heterocycles. The lowest BCUT2D eigenvalue weighted by molar-refractivity contribution is 0.0475. The van der Waals surface area contributed by atoms with E-state index in [-0.39, 0.29) is 18.0 Å². The van der Waals surface area contributed by atoms with Crippen molar-refractivity contribution in [3.8, 4) is 0 Å². The highest BCUT2D eigenvalue weighted by atomic mass is 16.5. The maximum Gasteiger partial charge on any atom is 0.344 e. The first-order chi connectivity index (χ1) is 11.9. The Morgan fingerprint density at radius 2 is 2.00 bits per heavy atom. The summed E-state index contributed by atoms with van der Waals surface area (Å²) in [7, 11) is 0. The summed E-state index contributed by atoms with van der Waals surface area (Å²) in [5.74, 6) is -0.813. The second-order valence-corrected chi connectivity index (χ2v) is 5.88. The molecule has 0 aromatic carbocycles. The average molecular weight is 340 g/mol. The zero-order valence-electron chi connectivity index (χ0n) is 14.7. The van der Waals surface area contributed by atoms with Crippen LogP contribution in [-0.4, -0.2) is 37.5 Å². The summed E-state index contributed by atoms with van der Waals surface area (Å²) in [5, 5.41) is 4.22. The summed E-state index contributed by atoms with van der Waals surface area (Å²) in [6.45, 7) is 8.06. The Kier molecular flexibility index (Phi) is 4.39. The molecule has 0 bridgehead atoms. The Labute approximate surface area is 145 Å². The number of ketones is 1. The number of hydrogen-bond donors (Lipinski definition) is 0. The van der Waals surface area contributed by atoms with Crippen molar-refractivity contribution in [3.63, 3.8) is 0 Å². The van der Waals surface area contributed by atoms with E-state index < -0.39 is 5.97 Å². The third kappa shape index (κ3) is 2.93. The molecule has 25 heavy (non-hydrogen) atoms. The van der Waals surface area contributed by atoms with E-state index in [1.807, 2.05) is 31.4 Å². The van der Waals surface area contributed by atoms with Crippen LogP contribution in [0.1, 0.15) is 44.7 Å². The van der Waals surface area contributed by atoms with E-state index in [1.54, 1.807) is 25.4 Å². The Balaban J connectivity index is 1.78. The van der Waals surface area contributed by atoms with E-state index in [4.69, 9.17) is 4.74 Å². The lowest BCUT2D eigenvalue weighted by atomic mass is 10.1. The van der Waals surface area contributed by atoms with Crippen molar-refractivity contribution in [2.75, 3.05) is 6.61 Å². The van der Waals surface area contributed by atoms with Crippen LogP contribution >= 0.6 is 0 Å². The van der Waals surface area contributed by atoms with Gasteiger partial charge in [-0.3, -0.25) is 4.79 Å². The Morgan fingerprint density at radius 3 is 2.68 bits per heavy atom. The highest BCUT2D eigenvalue weighted by Gasteiger charge is 2.22. The largest absolute Gasteiger partial charge is 0.454 e. The minimum Gasteiger partial charge on any atom is -0.454 e. The van der Waals surface area contributed by atoms with Crippen molar-refractivity contribution in [2.24, 2.45) is 0 Å². The fourth-order valence-electron chi connectivity index (χ4n) is 3.09. The number of fused-ring (bicyclic) bond motifs is 1. The Bertz CT molecular complexity index is 968. The fraction of sp³-hybridized carbons (Fsp3) is 0.333. The number of aromatic nitrogens is 4. The SMILES string of the molecule is CCn1c(C)cc(C(=O)COC(=O)c2c(C)nn3cccnc23)c1C. The molecular formula is C18H20N4O3. The number of nitrogens with zero attached hydrogens (tertiary/aromatic N) is 4. The fourth-order valence-corrected chi connectivity index (χ4v) is 3.09. The third-order valence-corrected chi connectivity index (χ3v) is 4.30. The van der Waals surface area contributed by atoms with Crippen LogP contribution in [0.3, 0.4) is 0 Å². The van der Waals surface area contributed by atoms with Gasteiger partial charge < -0.3 is 9.30 Å². The van der Waals surface area contributed by atoms with Crippen LogP contribution in [0, 0.1) is 20.8 Å².